The van der Waals surface area contributed by atoms with Gasteiger partial charge in [-0.25, -0.2) is 0 Å². The van der Waals surface area contributed by atoms with E-state index in [1.807, 2.05) is 0 Å². The summed E-state index contributed by atoms with van der Waals surface area (Å²) in [7, 11) is 0. The Hall–Kier alpha value is -0.190. The molecule has 0 aliphatic rings. The van der Waals surface area contributed by atoms with E-state index in [-0.39, 0.29) is 24.0 Å². The minimum absolute atomic E-state index is 0. The SMILES string of the molecule is Cl.FC(F)(F)c1cc(CCl)ncc1Cl. The van der Waals surface area contributed by atoms with E-state index in [9.17, 15) is 13.2 Å². The van der Waals surface area contributed by atoms with Gasteiger partial charge in [0.25, 0.3) is 0 Å². The van der Waals surface area contributed by atoms with E-state index in [0.29, 0.717) is 0 Å². The van der Waals surface area contributed by atoms with E-state index in [4.69, 9.17) is 23.2 Å². The maximum absolute atomic E-state index is 12.2. The summed E-state index contributed by atoms with van der Waals surface area (Å²) >= 11 is 10.6. The maximum Gasteiger partial charge on any atom is 0.417 e. The van der Waals surface area contributed by atoms with Crippen LogP contribution in [0.3, 0.4) is 0 Å². The van der Waals surface area contributed by atoms with Crippen molar-refractivity contribution >= 4 is 35.6 Å². The lowest BCUT2D eigenvalue weighted by Gasteiger charge is -2.08. The number of pyridine rings is 1. The molecule has 80 valence electrons. The molecule has 0 saturated heterocycles. The topological polar surface area (TPSA) is 12.9 Å². The molecule has 0 bridgehead atoms. The van der Waals surface area contributed by atoms with Gasteiger partial charge < -0.3 is 0 Å². The number of halogens is 6. The molecule has 0 unspecified atom stereocenters. The van der Waals surface area contributed by atoms with Crippen molar-refractivity contribution in [2.75, 3.05) is 0 Å². The Labute approximate surface area is 94.6 Å². The Bertz CT molecular complexity index is 314. The fourth-order valence-electron chi connectivity index (χ4n) is 0.772. The standard InChI is InChI=1S/C7H4Cl2F3N.ClH/c8-2-4-1-5(7(10,11)12)6(9)3-13-4;/h1,3H,2H2;1H. The van der Waals surface area contributed by atoms with Gasteiger partial charge in [-0.15, -0.1) is 24.0 Å². The minimum atomic E-state index is -4.46. The first-order chi connectivity index (χ1) is 5.95. The van der Waals surface area contributed by atoms with Crippen LogP contribution in [0.5, 0.6) is 0 Å². The van der Waals surface area contributed by atoms with E-state index in [1.165, 1.54) is 0 Å². The van der Waals surface area contributed by atoms with Gasteiger partial charge in [-0.3, -0.25) is 4.98 Å². The highest BCUT2D eigenvalue weighted by Gasteiger charge is 2.33. The first-order valence-corrected chi connectivity index (χ1v) is 4.14. The van der Waals surface area contributed by atoms with Gasteiger partial charge in [0.05, 0.1) is 22.2 Å². The van der Waals surface area contributed by atoms with Crippen LogP contribution < -0.4 is 0 Å². The predicted molar refractivity (Wildman–Crippen MR) is 51.1 cm³/mol. The second-order valence-electron chi connectivity index (χ2n) is 2.29. The smallest absolute Gasteiger partial charge is 0.258 e. The van der Waals surface area contributed by atoms with E-state index in [1.54, 1.807) is 0 Å². The van der Waals surface area contributed by atoms with Gasteiger partial charge in [-0.05, 0) is 6.07 Å². The van der Waals surface area contributed by atoms with Crippen molar-refractivity contribution in [2.45, 2.75) is 12.1 Å². The third kappa shape index (κ3) is 3.19. The molecule has 1 aromatic heterocycles. The molecule has 0 saturated carbocycles. The Morgan fingerprint density at radius 1 is 1.36 bits per heavy atom. The third-order valence-corrected chi connectivity index (χ3v) is 1.93. The highest BCUT2D eigenvalue weighted by molar-refractivity contribution is 6.31. The maximum atomic E-state index is 12.2. The van der Waals surface area contributed by atoms with Gasteiger partial charge in [0.15, 0.2) is 0 Å². The Balaban J connectivity index is 0.00000169. The average Bonchev–Trinajstić information content (AvgIpc) is 2.03. The minimum Gasteiger partial charge on any atom is -0.258 e. The molecule has 7 heteroatoms. The quantitative estimate of drug-likeness (QED) is 0.702. The van der Waals surface area contributed by atoms with Crippen molar-refractivity contribution in [1.82, 2.24) is 4.98 Å². The van der Waals surface area contributed by atoms with Crippen LogP contribution >= 0.6 is 35.6 Å². The van der Waals surface area contributed by atoms with Crippen LogP contribution in [0.15, 0.2) is 12.3 Å². The van der Waals surface area contributed by atoms with Crippen LogP contribution in [0.1, 0.15) is 11.3 Å². The second kappa shape index (κ2) is 5.05. The van der Waals surface area contributed by atoms with Crippen LogP contribution in [-0.2, 0) is 12.1 Å². The van der Waals surface area contributed by atoms with Gasteiger partial charge in [0.2, 0.25) is 0 Å². The van der Waals surface area contributed by atoms with Crippen molar-refractivity contribution in [3.05, 3.63) is 28.5 Å². The summed E-state index contributed by atoms with van der Waals surface area (Å²) in [6, 6.07) is 0.843. The number of aromatic nitrogens is 1. The molecule has 0 fully saturated rings. The summed E-state index contributed by atoms with van der Waals surface area (Å²) in [5.74, 6) is -0.0692. The van der Waals surface area contributed by atoms with Crippen LogP contribution in [-0.4, -0.2) is 4.98 Å². The van der Waals surface area contributed by atoms with Gasteiger partial charge in [0, 0.05) is 6.20 Å². The number of nitrogens with zero attached hydrogens (tertiary/aromatic N) is 1. The van der Waals surface area contributed by atoms with Crippen LogP contribution in [0.2, 0.25) is 5.02 Å². The van der Waals surface area contributed by atoms with Crippen molar-refractivity contribution < 1.29 is 13.2 Å². The van der Waals surface area contributed by atoms with E-state index < -0.39 is 16.8 Å². The summed E-state index contributed by atoms with van der Waals surface area (Å²) < 4.78 is 36.6. The first kappa shape index (κ1) is 13.8. The van der Waals surface area contributed by atoms with Crippen LogP contribution in [0.25, 0.3) is 0 Å². The zero-order chi connectivity index (χ0) is 10.1. The number of rotatable bonds is 1. The van der Waals surface area contributed by atoms with Gasteiger partial charge in [-0.1, -0.05) is 11.6 Å². The highest BCUT2D eigenvalue weighted by atomic mass is 35.5. The lowest BCUT2D eigenvalue weighted by Crippen LogP contribution is -2.07. The zero-order valence-corrected chi connectivity index (χ0v) is 8.94. The molecule has 1 nitrogen and oxygen atoms in total. The van der Waals surface area contributed by atoms with Crippen LogP contribution in [0, 0.1) is 0 Å². The molecular weight excluding hydrogens is 261 g/mol. The Morgan fingerprint density at radius 3 is 2.36 bits per heavy atom. The Morgan fingerprint density at radius 2 is 1.93 bits per heavy atom. The molecule has 0 radical (unpaired) electrons. The number of hydrogen-bond acceptors (Lipinski definition) is 1. The molecule has 0 amide bonds. The highest BCUT2D eigenvalue weighted by Crippen LogP contribution is 2.34. The molecule has 1 aromatic rings. The molecule has 0 aliphatic heterocycles. The van der Waals surface area contributed by atoms with E-state index in [0.717, 1.165) is 12.3 Å². The van der Waals surface area contributed by atoms with Crippen molar-refractivity contribution in [2.24, 2.45) is 0 Å². The monoisotopic (exact) mass is 265 g/mol. The summed E-state index contributed by atoms with van der Waals surface area (Å²) in [4.78, 5) is 3.61. The molecular formula is C7H5Cl3F3N. The molecule has 0 aliphatic carbocycles. The number of alkyl halides is 4. The zero-order valence-electron chi connectivity index (χ0n) is 6.61. The third-order valence-electron chi connectivity index (χ3n) is 1.35. The van der Waals surface area contributed by atoms with Crippen LogP contribution in [0.4, 0.5) is 13.2 Å². The molecule has 1 rings (SSSR count). The summed E-state index contributed by atoms with van der Waals surface area (Å²) in [5.41, 5.74) is -0.752. The summed E-state index contributed by atoms with van der Waals surface area (Å²) in [5, 5.41) is -0.415. The van der Waals surface area contributed by atoms with Crippen molar-refractivity contribution in [3.8, 4) is 0 Å². The molecule has 0 spiro atoms. The normalized spacial score (nSPS) is 10.9. The van der Waals surface area contributed by atoms with E-state index in [2.05, 4.69) is 4.98 Å². The predicted octanol–water partition coefficient (Wildman–Crippen LogP) is 3.91. The fraction of sp³-hybridized carbons (Fsp3) is 0.286. The van der Waals surface area contributed by atoms with Crippen molar-refractivity contribution in [1.29, 1.82) is 0 Å². The lowest BCUT2D eigenvalue weighted by atomic mass is 10.2. The molecule has 0 N–H and O–H groups in total. The number of hydrogen-bond donors (Lipinski definition) is 0. The molecule has 1 heterocycles. The lowest BCUT2D eigenvalue weighted by molar-refractivity contribution is -0.137. The van der Waals surface area contributed by atoms with E-state index >= 15 is 0 Å². The summed E-state index contributed by atoms with van der Waals surface area (Å²) in [6.45, 7) is 0. The Kier molecular flexibility index (Phi) is 4.98. The summed E-state index contributed by atoms with van der Waals surface area (Å²) in [6.07, 6.45) is -3.51. The molecule has 14 heavy (non-hydrogen) atoms. The van der Waals surface area contributed by atoms with Crippen molar-refractivity contribution in [3.63, 3.8) is 0 Å². The van der Waals surface area contributed by atoms with Gasteiger partial charge in [0.1, 0.15) is 0 Å². The molecule has 0 aromatic carbocycles. The van der Waals surface area contributed by atoms with Gasteiger partial charge in [-0.2, -0.15) is 13.2 Å². The largest absolute Gasteiger partial charge is 0.417 e. The fourth-order valence-corrected chi connectivity index (χ4v) is 1.13. The average molecular weight is 266 g/mol. The van der Waals surface area contributed by atoms with Gasteiger partial charge >= 0.3 is 6.18 Å². The first-order valence-electron chi connectivity index (χ1n) is 3.22. The second-order valence-corrected chi connectivity index (χ2v) is 2.96. The molecule has 0 atom stereocenters.